The molecular weight excluding hydrogens is 224 g/mol. The Morgan fingerprint density at radius 1 is 1.22 bits per heavy atom. The van der Waals surface area contributed by atoms with Gasteiger partial charge in [-0.3, -0.25) is 4.79 Å². The maximum absolute atomic E-state index is 11.9. The molecule has 0 unspecified atom stereocenters. The predicted molar refractivity (Wildman–Crippen MR) is 72.9 cm³/mol. The zero-order valence-corrected chi connectivity index (χ0v) is 11.0. The number of nitrogens with one attached hydrogen (secondary N) is 2. The van der Waals surface area contributed by atoms with Crippen molar-refractivity contribution in [3.8, 4) is 0 Å². The van der Waals surface area contributed by atoms with Crippen molar-refractivity contribution in [2.75, 3.05) is 18.4 Å². The minimum Gasteiger partial charge on any atom is -0.325 e. The topological polar surface area (TPSA) is 41.1 Å². The monoisotopic (exact) mass is 244 g/mol. The van der Waals surface area contributed by atoms with Crippen molar-refractivity contribution < 1.29 is 4.79 Å². The summed E-state index contributed by atoms with van der Waals surface area (Å²) in [7, 11) is 0. The molecule has 3 heteroatoms. The number of carbonyl (C=O) groups excluding carboxylic acids is 1. The fourth-order valence-electron chi connectivity index (χ4n) is 3.00. The SMILES string of the molecule is CC1(C)C(=O)Nc2ccc(C3CCNCC3)cc21. The number of amides is 1. The van der Waals surface area contributed by atoms with Crippen LogP contribution in [0.5, 0.6) is 0 Å². The van der Waals surface area contributed by atoms with Crippen molar-refractivity contribution in [3.63, 3.8) is 0 Å². The van der Waals surface area contributed by atoms with Gasteiger partial charge < -0.3 is 10.6 Å². The first-order valence-electron chi connectivity index (χ1n) is 6.75. The van der Waals surface area contributed by atoms with E-state index >= 15 is 0 Å². The molecule has 96 valence electrons. The highest BCUT2D eigenvalue weighted by molar-refractivity contribution is 6.05. The average molecular weight is 244 g/mol. The van der Waals surface area contributed by atoms with E-state index in [2.05, 4.69) is 28.8 Å². The van der Waals surface area contributed by atoms with Crippen LogP contribution in [0.4, 0.5) is 5.69 Å². The molecule has 3 nitrogen and oxygen atoms in total. The Kier molecular flexibility index (Phi) is 2.67. The molecule has 0 aromatic heterocycles. The first kappa shape index (κ1) is 11.7. The van der Waals surface area contributed by atoms with E-state index in [0.29, 0.717) is 5.92 Å². The van der Waals surface area contributed by atoms with Gasteiger partial charge in [-0.15, -0.1) is 0 Å². The molecule has 0 bridgehead atoms. The van der Waals surface area contributed by atoms with Gasteiger partial charge in [0.1, 0.15) is 0 Å². The molecule has 3 rings (SSSR count). The van der Waals surface area contributed by atoms with Crippen LogP contribution in [0.2, 0.25) is 0 Å². The molecule has 2 N–H and O–H groups in total. The van der Waals surface area contributed by atoms with Crippen molar-refractivity contribution >= 4 is 11.6 Å². The molecule has 1 amide bonds. The van der Waals surface area contributed by atoms with Gasteiger partial charge in [0.15, 0.2) is 0 Å². The van der Waals surface area contributed by atoms with Crippen LogP contribution in [0.3, 0.4) is 0 Å². The zero-order chi connectivity index (χ0) is 12.8. The van der Waals surface area contributed by atoms with E-state index < -0.39 is 5.41 Å². The smallest absolute Gasteiger partial charge is 0.234 e. The number of carbonyl (C=O) groups is 1. The van der Waals surface area contributed by atoms with E-state index in [1.54, 1.807) is 0 Å². The minimum absolute atomic E-state index is 0.111. The van der Waals surface area contributed by atoms with E-state index in [1.165, 1.54) is 18.4 Å². The molecule has 0 saturated carbocycles. The summed E-state index contributed by atoms with van der Waals surface area (Å²) in [5.74, 6) is 0.753. The van der Waals surface area contributed by atoms with Gasteiger partial charge in [-0.25, -0.2) is 0 Å². The highest BCUT2D eigenvalue weighted by atomic mass is 16.2. The van der Waals surface area contributed by atoms with E-state index in [1.807, 2.05) is 13.8 Å². The lowest BCUT2D eigenvalue weighted by atomic mass is 9.82. The van der Waals surface area contributed by atoms with Crippen LogP contribution < -0.4 is 10.6 Å². The number of benzene rings is 1. The highest BCUT2D eigenvalue weighted by Crippen LogP contribution is 2.39. The Labute approximate surface area is 108 Å². The molecule has 0 atom stereocenters. The van der Waals surface area contributed by atoms with Crippen LogP contribution >= 0.6 is 0 Å². The fraction of sp³-hybridized carbons (Fsp3) is 0.533. The summed E-state index contributed by atoms with van der Waals surface area (Å²) >= 11 is 0. The molecule has 1 fully saturated rings. The van der Waals surface area contributed by atoms with Crippen LogP contribution in [-0.4, -0.2) is 19.0 Å². The number of hydrogen-bond acceptors (Lipinski definition) is 2. The van der Waals surface area contributed by atoms with Crippen molar-refractivity contribution in [1.29, 1.82) is 0 Å². The average Bonchev–Trinajstić information content (AvgIpc) is 2.61. The van der Waals surface area contributed by atoms with Gasteiger partial charge in [-0.2, -0.15) is 0 Å². The van der Waals surface area contributed by atoms with Crippen LogP contribution in [0.1, 0.15) is 43.7 Å². The van der Waals surface area contributed by atoms with E-state index in [9.17, 15) is 4.79 Å². The molecule has 0 radical (unpaired) electrons. The lowest BCUT2D eigenvalue weighted by Gasteiger charge is -2.24. The van der Waals surface area contributed by atoms with Crippen LogP contribution in [0, 0.1) is 0 Å². The number of hydrogen-bond donors (Lipinski definition) is 2. The number of anilines is 1. The van der Waals surface area contributed by atoms with Gasteiger partial charge >= 0.3 is 0 Å². The quantitative estimate of drug-likeness (QED) is 0.796. The normalized spacial score (nSPS) is 22.7. The van der Waals surface area contributed by atoms with Crippen LogP contribution in [0.15, 0.2) is 18.2 Å². The Balaban J connectivity index is 1.96. The Morgan fingerprint density at radius 3 is 2.67 bits per heavy atom. The maximum Gasteiger partial charge on any atom is 0.234 e. The standard InChI is InChI=1S/C15H20N2O/c1-15(2)12-9-11(10-5-7-16-8-6-10)3-4-13(12)17-14(15)18/h3-4,9-10,16H,5-8H2,1-2H3,(H,17,18). The number of piperidine rings is 1. The Hall–Kier alpha value is -1.35. The Morgan fingerprint density at radius 2 is 1.94 bits per heavy atom. The fourth-order valence-corrected chi connectivity index (χ4v) is 3.00. The molecule has 2 aliphatic heterocycles. The number of rotatable bonds is 1. The van der Waals surface area contributed by atoms with Crippen LogP contribution in [-0.2, 0) is 10.2 Å². The molecular formula is C15H20N2O. The van der Waals surface area contributed by atoms with Crippen LogP contribution in [0.25, 0.3) is 0 Å². The highest BCUT2D eigenvalue weighted by Gasteiger charge is 2.38. The molecule has 2 heterocycles. The molecule has 2 aliphatic rings. The third-order valence-corrected chi connectivity index (χ3v) is 4.34. The lowest BCUT2D eigenvalue weighted by Crippen LogP contribution is -2.28. The minimum atomic E-state index is -0.391. The second-order valence-electron chi connectivity index (χ2n) is 5.91. The summed E-state index contributed by atoms with van der Waals surface area (Å²) in [4.78, 5) is 11.9. The molecule has 0 aliphatic carbocycles. The van der Waals surface area contributed by atoms with Gasteiger partial charge in [-0.05, 0) is 62.9 Å². The molecule has 1 aromatic rings. The van der Waals surface area contributed by atoms with Gasteiger partial charge in [0.2, 0.25) is 5.91 Å². The largest absolute Gasteiger partial charge is 0.325 e. The number of fused-ring (bicyclic) bond motifs is 1. The first-order valence-corrected chi connectivity index (χ1v) is 6.75. The van der Waals surface area contributed by atoms with Crippen molar-refractivity contribution in [2.45, 2.75) is 38.0 Å². The van der Waals surface area contributed by atoms with Gasteiger partial charge in [0.05, 0.1) is 5.41 Å². The Bertz CT molecular complexity index is 487. The van der Waals surface area contributed by atoms with Crippen molar-refractivity contribution in [2.24, 2.45) is 0 Å². The second kappa shape index (κ2) is 4.09. The zero-order valence-electron chi connectivity index (χ0n) is 11.0. The van der Waals surface area contributed by atoms with Gasteiger partial charge in [0, 0.05) is 5.69 Å². The summed E-state index contributed by atoms with van der Waals surface area (Å²) in [6.45, 7) is 6.20. The first-order chi connectivity index (χ1) is 8.59. The summed E-state index contributed by atoms with van der Waals surface area (Å²) in [5, 5.41) is 6.36. The summed E-state index contributed by atoms with van der Waals surface area (Å²) in [6, 6.07) is 6.49. The summed E-state index contributed by atoms with van der Waals surface area (Å²) in [5.41, 5.74) is 3.14. The molecule has 0 spiro atoms. The van der Waals surface area contributed by atoms with Gasteiger partial charge in [0.25, 0.3) is 0 Å². The third kappa shape index (κ3) is 1.74. The van der Waals surface area contributed by atoms with Gasteiger partial charge in [-0.1, -0.05) is 12.1 Å². The molecule has 1 saturated heterocycles. The summed E-state index contributed by atoms with van der Waals surface area (Å²) < 4.78 is 0. The maximum atomic E-state index is 11.9. The van der Waals surface area contributed by atoms with E-state index in [4.69, 9.17) is 0 Å². The second-order valence-corrected chi connectivity index (χ2v) is 5.91. The lowest BCUT2D eigenvalue weighted by molar-refractivity contribution is -0.119. The van der Waals surface area contributed by atoms with Crippen molar-refractivity contribution in [1.82, 2.24) is 5.32 Å². The van der Waals surface area contributed by atoms with E-state index in [0.717, 1.165) is 24.3 Å². The predicted octanol–water partition coefficient (Wildman–Crippen LogP) is 2.38. The third-order valence-electron chi connectivity index (χ3n) is 4.34. The van der Waals surface area contributed by atoms with Crippen molar-refractivity contribution in [3.05, 3.63) is 29.3 Å². The van der Waals surface area contributed by atoms with E-state index in [-0.39, 0.29) is 5.91 Å². The molecule has 18 heavy (non-hydrogen) atoms. The molecule has 1 aromatic carbocycles. The summed E-state index contributed by atoms with van der Waals surface area (Å²) in [6.07, 6.45) is 2.39.